The van der Waals surface area contributed by atoms with Crippen molar-refractivity contribution >= 4 is 23.7 Å². The normalized spacial score (nSPS) is 19.7. The van der Waals surface area contributed by atoms with E-state index in [4.69, 9.17) is 14.2 Å². The Labute approximate surface area is 274 Å². The molecule has 1 aliphatic carbocycles. The van der Waals surface area contributed by atoms with E-state index in [9.17, 15) is 19.2 Å². The quantitative estimate of drug-likeness (QED) is 0.373. The number of benzene rings is 2. The van der Waals surface area contributed by atoms with E-state index in [2.05, 4.69) is 15.7 Å². The Balaban J connectivity index is 1.41. The molecule has 1 aromatic heterocycles. The molecule has 2 N–H and O–H groups in total. The summed E-state index contributed by atoms with van der Waals surface area (Å²) in [4.78, 5) is 55.2. The van der Waals surface area contributed by atoms with Gasteiger partial charge in [-0.15, -0.1) is 0 Å². The maximum atomic E-state index is 13.9. The minimum absolute atomic E-state index is 0.117. The van der Waals surface area contributed by atoms with Crippen molar-refractivity contribution in [1.82, 2.24) is 25.3 Å². The van der Waals surface area contributed by atoms with Crippen LogP contribution in [0.1, 0.15) is 54.9 Å². The van der Waals surface area contributed by atoms with E-state index in [-0.39, 0.29) is 69.5 Å². The molecule has 3 amide bonds. The summed E-state index contributed by atoms with van der Waals surface area (Å²) in [6.45, 7) is 2.52. The number of esters is 1. The lowest BCUT2D eigenvalue weighted by Crippen LogP contribution is -2.46. The Hall–Kier alpha value is -4.87. The van der Waals surface area contributed by atoms with E-state index in [0.717, 1.165) is 18.4 Å². The lowest BCUT2D eigenvalue weighted by Gasteiger charge is -2.32. The Morgan fingerprint density at radius 3 is 2.64 bits per heavy atom. The Bertz CT molecular complexity index is 1560. The summed E-state index contributed by atoms with van der Waals surface area (Å²) in [5.41, 5.74) is 0.887. The third kappa shape index (κ3) is 8.69. The van der Waals surface area contributed by atoms with E-state index in [1.54, 1.807) is 59.2 Å². The van der Waals surface area contributed by atoms with Crippen LogP contribution in [0.4, 0.5) is 0 Å². The van der Waals surface area contributed by atoms with Gasteiger partial charge >= 0.3 is 5.97 Å². The molecule has 5 rings (SSSR count). The number of hydrogen-bond acceptors (Lipinski definition) is 8. The second kappa shape index (κ2) is 15.6. The van der Waals surface area contributed by atoms with E-state index >= 15 is 0 Å². The molecule has 2 bridgehead atoms. The van der Waals surface area contributed by atoms with Crippen LogP contribution >= 0.6 is 0 Å². The maximum Gasteiger partial charge on any atom is 0.314 e. The van der Waals surface area contributed by atoms with E-state index < -0.39 is 5.41 Å². The van der Waals surface area contributed by atoms with Crippen molar-refractivity contribution in [1.29, 1.82) is 0 Å². The molecule has 12 heteroatoms. The highest BCUT2D eigenvalue weighted by Gasteiger charge is 2.45. The summed E-state index contributed by atoms with van der Waals surface area (Å²) in [6.07, 6.45) is 6.88. The number of para-hydroxylation sites is 1. The molecule has 2 aliphatic rings. The van der Waals surface area contributed by atoms with Gasteiger partial charge in [0.25, 0.3) is 11.8 Å². The lowest BCUT2D eigenvalue weighted by atomic mass is 9.76. The number of ether oxygens (including phenoxy) is 3. The van der Waals surface area contributed by atoms with Gasteiger partial charge in [-0.05, 0) is 68.0 Å². The number of carbonyl (C=O) groups excluding carboxylic acids is 4. The molecule has 2 heterocycles. The van der Waals surface area contributed by atoms with Crippen molar-refractivity contribution < 1.29 is 33.4 Å². The molecule has 3 aromatic rings. The first-order chi connectivity index (χ1) is 22.8. The molecule has 1 fully saturated rings. The smallest absolute Gasteiger partial charge is 0.314 e. The van der Waals surface area contributed by atoms with Crippen molar-refractivity contribution in [3.8, 4) is 17.2 Å². The largest absolute Gasteiger partial charge is 0.493 e. The first-order valence-corrected chi connectivity index (χ1v) is 16.2. The van der Waals surface area contributed by atoms with Crippen LogP contribution in [0, 0.1) is 11.3 Å². The number of aromatic nitrogens is 2. The zero-order valence-corrected chi connectivity index (χ0v) is 27.0. The zero-order chi connectivity index (χ0) is 33.2. The van der Waals surface area contributed by atoms with E-state index in [0.29, 0.717) is 47.9 Å². The molecular weight excluding hydrogens is 602 g/mol. The highest BCUT2D eigenvalue weighted by atomic mass is 16.5. The van der Waals surface area contributed by atoms with Gasteiger partial charge < -0.3 is 29.7 Å². The van der Waals surface area contributed by atoms with Gasteiger partial charge in [0.05, 0.1) is 30.4 Å². The third-order valence-electron chi connectivity index (χ3n) is 8.55. The standard InChI is InChI=1S/C35H43N5O7/c1-3-46-34(44)35(21-25-11-12-25)22-26-13-14-29(45-2)30(20-26)47-23-32(42)36-16-19-39(17-6-10-31(41)37-24-35)33(43)27-8-4-5-9-28(27)40-18-7-15-38-40/h4-5,7-9,13-15,18,20,25H,3,6,10-12,16-17,19,21-24H2,1-2H3,(H,36,42)(H,37,41). The highest BCUT2D eigenvalue weighted by molar-refractivity contribution is 5.97. The number of carbonyl (C=O) groups is 4. The number of methoxy groups -OCH3 is 1. The topological polar surface area (TPSA) is 141 Å². The molecule has 0 spiro atoms. The van der Waals surface area contributed by atoms with Crippen molar-refractivity contribution in [2.45, 2.75) is 45.4 Å². The number of hydrogen-bond donors (Lipinski definition) is 2. The monoisotopic (exact) mass is 645 g/mol. The highest BCUT2D eigenvalue weighted by Crippen LogP contribution is 2.43. The van der Waals surface area contributed by atoms with Gasteiger partial charge in [-0.25, -0.2) is 4.68 Å². The number of rotatable bonds is 7. The molecule has 0 saturated heterocycles. The van der Waals surface area contributed by atoms with Crippen LogP contribution in [-0.2, 0) is 25.5 Å². The van der Waals surface area contributed by atoms with Crippen LogP contribution in [0.5, 0.6) is 11.5 Å². The van der Waals surface area contributed by atoms with E-state index in [1.807, 2.05) is 18.2 Å². The summed E-state index contributed by atoms with van der Waals surface area (Å²) in [5.74, 6) is -0.00201. The van der Waals surface area contributed by atoms with Crippen LogP contribution < -0.4 is 20.1 Å². The minimum Gasteiger partial charge on any atom is -0.493 e. The van der Waals surface area contributed by atoms with Crippen molar-refractivity contribution in [2.24, 2.45) is 11.3 Å². The van der Waals surface area contributed by atoms with Gasteiger partial charge in [-0.1, -0.05) is 31.0 Å². The molecule has 2 aromatic carbocycles. The van der Waals surface area contributed by atoms with Crippen LogP contribution in [0.15, 0.2) is 60.9 Å². The van der Waals surface area contributed by atoms with E-state index in [1.165, 1.54) is 7.11 Å². The van der Waals surface area contributed by atoms with Gasteiger partial charge in [-0.2, -0.15) is 5.10 Å². The van der Waals surface area contributed by atoms with Crippen molar-refractivity contribution in [2.75, 3.05) is 46.5 Å². The summed E-state index contributed by atoms with van der Waals surface area (Å²) >= 11 is 0. The number of amides is 3. The molecule has 1 aliphatic heterocycles. The number of fused-ring (bicyclic) bond motifs is 2. The van der Waals surface area contributed by atoms with Crippen LogP contribution in [-0.4, -0.2) is 84.9 Å². The minimum atomic E-state index is -0.986. The average molecular weight is 646 g/mol. The molecular formula is C35H43N5O7. The predicted octanol–water partition coefficient (Wildman–Crippen LogP) is 3.32. The van der Waals surface area contributed by atoms with Crippen LogP contribution in [0.2, 0.25) is 0 Å². The van der Waals surface area contributed by atoms with Crippen molar-refractivity contribution in [3.05, 3.63) is 72.1 Å². The second-order valence-electron chi connectivity index (χ2n) is 12.1. The predicted molar refractivity (Wildman–Crippen MR) is 173 cm³/mol. The SMILES string of the molecule is CCOC(=O)C1(CC2CC2)CNC(=O)CCCN(C(=O)c2ccccc2-n2cccn2)CCNC(=O)COc2cc(ccc2OC)C1. The number of nitrogens with one attached hydrogen (secondary N) is 2. The first-order valence-electron chi connectivity index (χ1n) is 16.2. The van der Waals surface area contributed by atoms with Crippen LogP contribution in [0.3, 0.4) is 0 Å². The van der Waals surface area contributed by atoms with Gasteiger partial charge in [-0.3, -0.25) is 19.2 Å². The van der Waals surface area contributed by atoms with Gasteiger partial charge in [0, 0.05) is 45.0 Å². The molecule has 12 nitrogen and oxygen atoms in total. The Morgan fingerprint density at radius 1 is 1.06 bits per heavy atom. The summed E-state index contributed by atoms with van der Waals surface area (Å²) in [5, 5.41) is 10.1. The third-order valence-corrected chi connectivity index (χ3v) is 8.55. The fourth-order valence-corrected chi connectivity index (χ4v) is 5.99. The molecule has 47 heavy (non-hydrogen) atoms. The molecule has 1 unspecified atom stereocenters. The lowest BCUT2D eigenvalue weighted by molar-refractivity contribution is -0.156. The maximum absolute atomic E-state index is 13.9. The van der Waals surface area contributed by atoms with Gasteiger partial charge in [0.1, 0.15) is 0 Å². The fraction of sp³-hybridized carbons (Fsp3) is 0.457. The average Bonchev–Trinajstić information content (AvgIpc) is 3.72. The molecule has 1 saturated carbocycles. The van der Waals surface area contributed by atoms with Gasteiger partial charge in [0.2, 0.25) is 5.91 Å². The van der Waals surface area contributed by atoms with Crippen molar-refractivity contribution in [3.63, 3.8) is 0 Å². The molecule has 250 valence electrons. The summed E-state index contributed by atoms with van der Waals surface area (Å²) in [6, 6.07) is 14.3. The summed E-state index contributed by atoms with van der Waals surface area (Å²) < 4.78 is 18.6. The number of nitrogens with zero attached hydrogens (tertiary/aromatic N) is 3. The van der Waals surface area contributed by atoms with Crippen LogP contribution in [0.25, 0.3) is 5.69 Å². The zero-order valence-electron chi connectivity index (χ0n) is 27.0. The second-order valence-corrected chi connectivity index (χ2v) is 12.1. The summed E-state index contributed by atoms with van der Waals surface area (Å²) in [7, 11) is 1.52. The Kier molecular flexibility index (Phi) is 11.1. The molecule has 1 atom stereocenters. The fourth-order valence-electron chi connectivity index (χ4n) is 5.99. The molecule has 0 radical (unpaired) electrons. The first kappa shape index (κ1) is 33.5. The van der Waals surface area contributed by atoms with Gasteiger partial charge in [0.15, 0.2) is 18.1 Å². The Morgan fingerprint density at radius 2 is 1.89 bits per heavy atom.